The fraction of sp³-hybridized carbons (Fsp3) is 0.696. The Balaban J connectivity index is 1.21. The molecular formula is C23H38N6S. The van der Waals surface area contributed by atoms with Crippen LogP contribution in [0.4, 0.5) is 11.4 Å². The van der Waals surface area contributed by atoms with Crippen molar-refractivity contribution in [1.29, 1.82) is 0 Å². The van der Waals surface area contributed by atoms with E-state index in [-0.39, 0.29) is 0 Å². The average Bonchev–Trinajstić information content (AvgIpc) is 2.75. The number of hydrogen-bond donors (Lipinski definition) is 2. The van der Waals surface area contributed by atoms with Crippen LogP contribution in [-0.4, -0.2) is 99.4 Å². The molecule has 4 unspecified atom stereocenters. The van der Waals surface area contributed by atoms with E-state index in [4.69, 9.17) is 12.2 Å². The minimum atomic E-state index is 0.614. The van der Waals surface area contributed by atoms with Crippen molar-refractivity contribution in [3.63, 3.8) is 0 Å². The van der Waals surface area contributed by atoms with Gasteiger partial charge < -0.3 is 25.3 Å². The van der Waals surface area contributed by atoms with Gasteiger partial charge >= 0.3 is 0 Å². The van der Waals surface area contributed by atoms with Crippen LogP contribution in [0.25, 0.3) is 0 Å². The van der Waals surface area contributed by atoms with Gasteiger partial charge in [0.15, 0.2) is 5.11 Å². The summed E-state index contributed by atoms with van der Waals surface area (Å²) in [6, 6.07) is 8.99. The van der Waals surface area contributed by atoms with Crippen molar-refractivity contribution in [2.45, 2.75) is 18.9 Å². The first-order valence-electron chi connectivity index (χ1n) is 11.4. The van der Waals surface area contributed by atoms with Crippen LogP contribution in [0.15, 0.2) is 24.3 Å². The van der Waals surface area contributed by atoms with Gasteiger partial charge in [-0.25, -0.2) is 0 Å². The molecule has 166 valence electrons. The van der Waals surface area contributed by atoms with E-state index >= 15 is 0 Å². The zero-order chi connectivity index (χ0) is 21.1. The second-order valence-corrected chi connectivity index (χ2v) is 9.98. The first kappa shape index (κ1) is 21.8. The normalized spacial score (nSPS) is 29.6. The molecule has 0 amide bonds. The Bertz CT molecular complexity index is 700. The number of likely N-dealkylation sites (N-methyl/N-ethyl adjacent to an activating group) is 1. The van der Waals surface area contributed by atoms with E-state index in [1.165, 1.54) is 64.3 Å². The maximum Gasteiger partial charge on any atom is 0.170 e. The van der Waals surface area contributed by atoms with Gasteiger partial charge in [-0.3, -0.25) is 4.90 Å². The van der Waals surface area contributed by atoms with Gasteiger partial charge in [-0.15, -0.1) is 0 Å². The smallest absolute Gasteiger partial charge is 0.170 e. The summed E-state index contributed by atoms with van der Waals surface area (Å²) in [6.07, 6.45) is 2.68. The van der Waals surface area contributed by atoms with Crippen molar-refractivity contribution in [1.82, 2.24) is 20.0 Å². The lowest BCUT2D eigenvalue weighted by atomic mass is 9.75. The number of nitrogens with zero attached hydrogens (tertiary/aromatic N) is 4. The van der Waals surface area contributed by atoms with Crippen LogP contribution in [0.3, 0.4) is 0 Å². The highest BCUT2D eigenvalue weighted by atomic mass is 32.1. The fourth-order valence-corrected chi connectivity index (χ4v) is 5.46. The zero-order valence-corrected chi connectivity index (χ0v) is 19.6. The molecule has 1 aromatic carbocycles. The van der Waals surface area contributed by atoms with Crippen LogP contribution >= 0.6 is 12.2 Å². The minimum Gasteiger partial charge on any atom is -0.378 e. The number of benzene rings is 1. The lowest BCUT2D eigenvalue weighted by Crippen LogP contribution is -2.59. The number of rotatable bonds is 6. The SMILES string of the molecule is CN1CCN(CC2CN3CCC2CC3CNC(=S)Nc2ccc(N(C)C)cc2)CC1. The molecule has 4 atom stereocenters. The van der Waals surface area contributed by atoms with Crippen molar-refractivity contribution < 1.29 is 0 Å². The molecule has 5 rings (SSSR count). The molecule has 0 aromatic heterocycles. The van der Waals surface area contributed by atoms with Crippen molar-refractivity contribution in [2.24, 2.45) is 11.8 Å². The number of piperazine rings is 1. The molecule has 30 heavy (non-hydrogen) atoms. The Morgan fingerprint density at radius 2 is 1.83 bits per heavy atom. The van der Waals surface area contributed by atoms with E-state index in [0.717, 1.165) is 29.2 Å². The van der Waals surface area contributed by atoms with Gasteiger partial charge in [-0.05, 0) is 74.8 Å². The maximum atomic E-state index is 5.55. The third kappa shape index (κ3) is 5.44. The van der Waals surface area contributed by atoms with E-state index in [9.17, 15) is 0 Å². The number of fused-ring (bicyclic) bond motifs is 3. The zero-order valence-electron chi connectivity index (χ0n) is 18.8. The molecule has 2 bridgehead atoms. The van der Waals surface area contributed by atoms with E-state index in [0.29, 0.717) is 6.04 Å². The van der Waals surface area contributed by atoms with Crippen LogP contribution in [0.1, 0.15) is 12.8 Å². The van der Waals surface area contributed by atoms with Crippen molar-refractivity contribution >= 4 is 28.7 Å². The lowest BCUT2D eigenvalue weighted by molar-refractivity contribution is -0.0151. The molecule has 4 aliphatic heterocycles. The average molecular weight is 431 g/mol. The van der Waals surface area contributed by atoms with Crippen LogP contribution in [0.2, 0.25) is 0 Å². The van der Waals surface area contributed by atoms with Gasteiger partial charge in [-0.2, -0.15) is 0 Å². The van der Waals surface area contributed by atoms with Gasteiger partial charge in [0.1, 0.15) is 0 Å². The molecule has 4 saturated heterocycles. The molecule has 6 nitrogen and oxygen atoms in total. The minimum absolute atomic E-state index is 0.614. The Hall–Kier alpha value is -1.41. The molecule has 0 radical (unpaired) electrons. The van der Waals surface area contributed by atoms with Gasteiger partial charge in [0.2, 0.25) is 0 Å². The van der Waals surface area contributed by atoms with E-state index in [1.54, 1.807) is 0 Å². The maximum absolute atomic E-state index is 5.55. The molecule has 0 aliphatic carbocycles. The van der Waals surface area contributed by atoms with Gasteiger partial charge in [0.05, 0.1) is 0 Å². The van der Waals surface area contributed by atoms with Gasteiger partial charge in [-0.1, -0.05) is 0 Å². The molecule has 4 fully saturated rings. The predicted octanol–water partition coefficient (Wildman–Crippen LogP) is 2.00. The van der Waals surface area contributed by atoms with E-state index in [1.807, 2.05) is 0 Å². The van der Waals surface area contributed by atoms with Crippen LogP contribution in [0.5, 0.6) is 0 Å². The molecule has 2 N–H and O–H groups in total. The summed E-state index contributed by atoms with van der Waals surface area (Å²) in [6.45, 7) is 9.65. The monoisotopic (exact) mass is 430 g/mol. The number of hydrogen-bond acceptors (Lipinski definition) is 5. The van der Waals surface area contributed by atoms with Crippen LogP contribution < -0.4 is 15.5 Å². The largest absolute Gasteiger partial charge is 0.378 e. The molecule has 4 heterocycles. The van der Waals surface area contributed by atoms with Gasteiger partial charge in [0.25, 0.3) is 0 Å². The molecule has 1 aromatic rings. The number of thiocarbonyl (C=S) groups is 1. The standard InChI is InChI=1S/C23H38N6S/c1-26(2)21-6-4-20(5-7-21)25-23(30)24-15-22-14-18-8-9-29(22)17-19(18)16-28-12-10-27(3)11-13-28/h4-7,18-19,22H,8-17H2,1-3H3,(H2,24,25,30). The fourth-order valence-electron chi connectivity index (χ4n) is 5.26. The predicted molar refractivity (Wildman–Crippen MR) is 131 cm³/mol. The summed E-state index contributed by atoms with van der Waals surface area (Å²) in [5, 5.41) is 7.53. The Morgan fingerprint density at radius 3 is 2.47 bits per heavy atom. The summed E-state index contributed by atoms with van der Waals surface area (Å²) >= 11 is 5.55. The highest BCUT2D eigenvalue weighted by Gasteiger charge is 2.40. The Kier molecular flexibility index (Phi) is 7.13. The third-order valence-electron chi connectivity index (χ3n) is 7.24. The summed E-state index contributed by atoms with van der Waals surface area (Å²) in [7, 11) is 6.34. The van der Waals surface area contributed by atoms with Crippen molar-refractivity contribution in [3.05, 3.63) is 24.3 Å². The molecule has 4 aliphatic rings. The number of anilines is 2. The van der Waals surface area contributed by atoms with E-state index in [2.05, 4.69) is 75.6 Å². The van der Waals surface area contributed by atoms with Crippen LogP contribution in [0, 0.1) is 11.8 Å². The Morgan fingerprint density at radius 1 is 1.10 bits per heavy atom. The second kappa shape index (κ2) is 9.81. The van der Waals surface area contributed by atoms with Gasteiger partial charge in [0, 0.05) is 77.3 Å². The highest BCUT2D eigenvalue weighted by molar-refractivity contribution is 7.80. The summed E-state index contributed by atoms with van der Waals surface area (Å²) in [5.74, 6) is 1.72. The number of nitrogens with one attached hydrogen (secondary N) is 2. The molecule has 0 saturated carbocycles. The van der Waals surface area contributed by atoms with Crippen molar-refractivity contribution in [3.8, 4) is 0 Å². The van der Waals surface area contributed by atoms with E-state index < -0.39 is 0 Å². The second-order valence-electron chi connectivity index (χ2n) is 9.57. The topological polar surface area (TPSA) is 37.0 Å². The molecule has 7 heteroatoms. The first-order valence-corrected chi connectivity index (χ1v) is 11.9. The third-order valence-corrected chi connectivity index (χ3v) is 7.49. The molecular weight excluding hydrogens is 392 g/mol. The quantitative estimate of drug-likeness (QED) is 0.669. The lowest BCUT2D eigenvalue weighted by Gasteiger charge is -2.51. The van der Waals surface area contributed by atoms with Crippen molar-refractivity contribution in [2.75, 3.05) is 83.7 Å². The van der Waals surface area contributed by atoms with Crippen LogP contribution in [-0.2, 0) is 0 Å². The summed E-state index contributed by atoms with van der Waals surface area (Å²) < 4.78 is 0. The summed E-state index contributed by atoms with van der Waals surface area (Å²) in [5.41, 5.74) is 2.23. The number of piperidine rings is 3. The Labute approximate surface area is 187 Å². The summed E-state index contributed by atoms with van der Waals surface area (Å²) in [4.78, 5) is 9.95. The first-order chi connectivity index (χ1) is 14.5. The highest BCUT2D eigenvalue weighted by Crippen LogP contribution is 2.36. The molecule has 0 spiro atoms.